The molecule has 0 amide bonds. The van der Waals surface area contributed by atoms with Crippen LogP contribution < -0.4 is 0 Å². The summed E-state index contributed by atoms with van der Waals surface area (Å²) in [6, 6.07) is 15.8. The molecule has 3 aliphatic rings. The molecule has 0 aromatic heterocycles. The van der Waals surface area contributed by atoms with Gasteiger partial charge < -0.3 is 5.11 Å². The number of aliphatic hydroxyl groups excluding tert-OH is 1. The summed E-state index contributed by atoms with van der Waals surface area (Å²) in [4.78, 5) is 0. The summed E-state index contributed by atoms with van der Waals surface area (Å²) in [5.74, 6) is 0.372. The van der Waals surface area contributed by atoms with Gasteiger partial charge in [0.25, 0.3) is 0 Å². The maximum atomic E-state index is 9.25. The third-order valence-electron chi connectivity index (χ3n) is 6.37. The molecule has 0 radical (unpaired) electrons. The van der Waals surface area contributed by atoms with Crippen LogP contribution >= 0.6 is 0 Å². The monoisotopic (exact) mass is 344 g/mol. The van der Waals surface area contributed by atoms with Crippen LogP contribution in [0.2, 0.25) is 13.1 Å². The predicted molar refractivity (Wildman–Crippen MR) is 107 cm³/mol. The van der Waals surface area contributed by atoms with E-state index < -0.39 is 8.07 Å². The van der Waals surface area contributed by atoms with Crippen LogP contribution in [0.5, 0.6) is 0 Å². The second-order valence-electron chi connectivity index (χ2n) is 8.12. The average molecular weight is 345 g/mol. The van der Waals surface area contributed by atoms with Crippen molar-refractivity contribution < 1.29 is 5.11 Å². The maximum Gasteiger partial charge on any atom is 0.108 e. The van der Waals surface area contributed by atoms with Crippen LogP contribution in [-0.4, -0.2) is 19.8 Å². The average Bonchev–Trinajstić information content (AvgIpc) is 2.99. The van der Waals surface area contributed by atoms with E-state index in [9.17, 15) is 5.11 Å². The van der Waals surface area contributed by atoms with Crippen molar-refractivity contribution in [3.63, 3.8) is 0 Å². The minimum atomic E-state index is -1.19. The molecule has 2 aromatic carbocycles. The van der Waals surface area contributed by atoms with Gasteiger partial charge in [0, 0.05) is 12.5 Å². The fourth-order valence-corrected chi connectivity index (χ4v) is 8.65. The highest BCUT2D eigenvalue weighted by Gasteiger charge is 2.52. The zero-order valence-corrected chi connectivity index (χ0v) is 16.0. The predicted octanol–water partition coefficient (Wildman–Crippen LogP) is 5.10. The van der Waals surface area contributed by atoms with Gasteiger partial charge in [0.1, 0.15) is 8.07 Å². The molecule has 1 nitrogen and oxygen atoms in total. The number of rotatable bonds is 4. The van der Waals surface area contributed by atoms with E-state index in [0.717, 1.165) is 12.8 Å². The van der Waals surface area contributed by atoms with Crippen molar-refractivity contribution in [3.8, 4) is 0 Å². The van der Waals surface area contributed by atoms with Gasteiger partial charge in [-0.25, -0.2) is 0 Å². The molecule has 25 heavy (non-hydrogen) atoms. The molecular weight excluding hydrogens is 320 g/mol. The van der Waals surface area contributed by atoms with Crippen LogP contribution in [0.4, 0.5) is 0 Å². The lowest BCUT2D eigenvalue weighted by Gasteiger charge is -2.20. The van der Waals surface area contributed by atoms with Crippen LogP contribution in [0.25, 0.3) is 10.8 Å². The van der Waals surface area contributed by atoms with Gasteiger partial charge in [0.05, 0.1) is 0 Å². The first kappa shape index (κ1) is 15.4. The van der Waals surface area contributed by atoms with E-state index in [-0.39, 0.29) is 6.61 Å². The summed E-state index contributed by atoms with van der Waals surface area (Å²) < 4.78 is 0. The van der Waals surface area contributed by atoms with Gasteiger partial charge in [-0.3, -0.25) is 0 Å². The number of hydrogen-bond donors (Lipinski definition) is 1. The summed E-state index contributed by atoms with van der Waals surface area (Å²) in [5.41, 5.74) is 8.88. The summed E-state index contributed by atoms with van der Waals surface area (Å²) in [5, 5.41) is 12.8. The van der Waals surface area contributed by atoms with E-state index in [1.165, 1.54) is 28.7 Å². The third-order valence-corrected chi connectivity index (χ3v) is 9.86. The summed E-state index contributed by atoms with van der Waals surface area (Å²) >= 11 is 0. The van der Waals surface area contributed by atoms with E-state index in [1.807, 2.05) is 0 Å². The number of benzene rings is 2. The molecule has 1 atom stereocenters. The first-order valence-electron chi connectivity index (χ1n) is 9.40. The van der Waals surface area contributed by atoms with Gasteiger partial charge in [-0.15, -0.1) is 0 Å². The topological polar surface area (TPSA) is 20.2 Å². The summed E-state index contributed by atoms with van der Waals surface area (Å²) in [6.07, 6.45) is 5.47. The molecule has 1 heterocycles. The molecule has 5 rings (SSSR count). The molecule has 2 aromatic rings. The standard InChI is InChI=1S/C23H24OSi/c1-25(2)21-14-16-7-5-11-19(22(16)23(21)25)20-13-15(8-6-12-24)17-9-3-4-10-18(17)20/h3-5,7,9-11,13,20,24H,6,8,12,14H2,1-2H3. The lowest BCUT2D eigenvalue weighted by molar-refractivity contribution is 0.290. The Kier molecular flexibility index (Phi) is 3.25. The molecule has 0 saturated carbocycles. The first-order valence-corrected chi connectivity index (χ1v) is 12.4. The number of aliphatic hydroxyl groups is 1. The molecule has 126 valence electrons. The smallest absolute Gasteiger partial charge is 0.108 e. The Hall–Kier alpha value is -1.90. The van der Waals surface area contributed by atoms with Crippen molar-refractivity contribution in [1.82, 2.24) is 0 Å². The second-order valence-corrected chi connectivity index (χ2v) is 12.5. The largest absolute Gasteiger partial charge is 0.396 e. The molecule has 0 fully saturated rings. The van der Waals surface area contributed by atoms with Gasteiger partial charge in [0.15, 0.2) is 0 Å². The number of fused-ring (bicyclic) bond motifs is 3. The molecule has 2 heteroatoms. The van der Waals surface area contributed by atoms with Gasteiger partial charge in [-0.05, 0) is 52.7 Å². The number of hydrogen-bond acceptors (Lipinski definition) is 1. The quantitative estimate of drug-likeness (QED) is 0.765. The number of allylic oxidation sites excluding steroid dienone is 3. The van der Waals surface area contributed by atoms with E-state index in [4.69, 9.17) is 0 Å². The van der Waals surface area contributed by atoms with E-state index >= 15 is 0 Å². The molecular formula is C23H24OSi. The molecule has 1 N–H and O–H groups in total. The Balaban J connectivity index is 1.63. The first-order chi connectivity index (χ1) is 12.1. The third kappa shape index (κ3) is 2.11. The molecule has 0 spiro atoms. The van der Waals surface area contributed by atoms with Crippen LogP contribution in [0.15, 0.2) is 53.7 Å². The zero-order valence-electron chi connectivity index (χ0n) is 15.0. The molecule has 1 unspecified atom stereocenters. The highest BCUT2D eigenvalue weighted by molar-refractivity contribution is 7.13. The van der Waals surface area contributed by atoms with Crippen molar-refractivity contribution in [3.05, 3.63) is 81.6 Å². The Morgan fingerprint density at radius 3 is 2.68 bits per heavy atom. The van der Waals surface area contributed by atoms with E-state index in [0.29, 0.717) is 5.92 Å². The van der Waals surface area contributed by atoms with E-state index in [1.54, 1.807) is 21.5 Å². The van der Waals surface area contributed by atoms with Crippen molar-refractivity contribution in [2.24, 2.45) is 0 Å². The van der Waals surface area contributed by atoms with Crippen molar-refractivity contribution in [2.45, 2.75) is 38.3 Å². The minimum Gasteiger partial charge on any atom is -0.396 e. The van der Waals surface area contributed by atoms with Crippen LogP contribution in [0, 0.1) is 0 Å². The summed E-state index contributed by atoms with van der Waals surface area (Å²) in [7, 11) is -1.19. The van der Waals surface area contributed by atoms with Crippen LogP contribution in [-0.2, 0) is 6.42 Å². The maximum absolute atomic E-state index is 9.25. The fraction of sp³-hybridized carbons (Fsp3) is 0.304. The lowest BCUT2D eigenvalue weighted by atomic mass is 9.88. The van der Waals surface area contributed by atoms with Gasteiger partial charge in [-0.2, -0.15) is 0 Å². The molecule has 0 bridgehead atoms. The van der Waals surface area contributed by atoms with Crippen molar-refractivity contribution in [2.75, 3.05) is 6.61 Å². The Labute approximate surface area is 150 Å². The lowest BCUT2D eigenvalue weighted by Crippen LogP contribution is -2.16. The SMILES string of the molecule is C[Si]1(C)C2=C1c1c(cccc1C1C=C(CCCO)c3ccccc31)C2. The Morgan fingerprint density at radius 1 is 1.04 bits per heavy atom. The van der Waals surface area contributed by atoms with E-state index in [2.05, 4.69) is 61.6 Å². The summed E-state index contributed by atoms with van der Waals surface area (Å²) in [6.45, 7) is 5.27. The van der Waals surface area contributed by atoms with Crippen molar-refractivity contribution >= 4 is 18.8 Å². The van der Waals surface area contributed by atoms with Crippen LogP contribution in [0.1, 0.15) is 46.6 Å². The molecule has 1 aliphatic heterocycles. The molecule has 0 saturated heterocycles. The molecule has 2 aliphatic carbocycles. The van der Waals surface area contributed by atoms with Gasteiger partial charge >= 0.3 is 0 Å². The normalized spacial score (nSPS) is 21.7. The van der Waals surface area contributed by atoms with Crippen LogP contribution in [0.3, 0.4) is 0 Å². The highest BCUT2D eigenvalue weighted by Crippen LogP contribution is 2.58. The highest BCUT2D eigenvalue weighted by atomic mass is 28.3. The van der Waals surface area contributed by atoms with Gasteiger partial charge in [-0.1, -0.05) is 72.0 Å². The minimum absolute atomic E-state index is 0.265. The Morgan fingerprint density at radius 2 is 1.84 bits per heavy atom. The van der Waals surface area contributed by atoms with Gasteiger partial charge in [0.2, 0.25) is 0 Å². The van der Waals surface area contributed by atoms with Crippen molar-refractivity contribution in [1.29, 1.82) is 0 Å². The zero-order chi connectivity index (χ0) is 17.2. The Bertz CT molecular complexity index is 948. The second kappa shape index (κ2) is 5.30. The fourth-order valence-electron chi connectivity index (χ4n) is 5.03.